The van der Waals surface area contributed by atoms with E-state index in [1.54, 1.807) is 19.1 Å². The van der Waals surface area contributed by atoms with Crippen LogP contribution in [0.25, 0.3) is 22.8 Å². The molecule has 3 aromatic rings. The van der Waals surface area contributed by atoms with Crippen LogP contribution in [0.2, 0.25) is 0 Å². The standard InChI is InChI=1S/C18H14FNO3/c1-2-22-18(21)15-16(12-6-4-3-5-7-12)23-17(20-15)13-8-10-14(19)11-9-13/h3-11H,2H2,1H3. The van der Waals surface area contributed by atoms with Crippen molar-refractivity contribution in [1.29, 1.82) is 0 Å². The minimum Gasteiger partial charge on any atom is -0.461 e. The lowest BCUT2D eigenvalue weighted by atomic mass is 10.1. The minimum absolute atomic E-state index is 0.109. The fraction of sp³-hybridized carbons (Fsp3) is 0.111. The Labute approximate surface area is 132 Å². The number of hydrogen-bond donors (Lipinski definition) is 0. The summed E-state index contributed by atoms with van der Waals surface area (Å²) in [7, 11) is 0. The molecule has 0 amide bonds. The molecule has 4 nitrogen and oxygen atoms in total. The second-order valence-electron chi connectivity index (χ2n) is 4.79. The quantitative estimate of drug-likeness (QED) is 0.673. The van der Waals surface area contributed by atoms with Gasteiger partial charge in [0, 0.05) is 11.1 Å². The normalized spacial score (nSPS) is 10.5. The molecule has 0 unspecified atom stereocenters. The highest BCUT2D eigenvalue weighted by atomic mass is 19.1. The van der Waals surface area contributed by atoms with Gasteiger partial charge >= 0.3 is 5.97 Å². The number of oxazole rings is 1. The largest absolute Gasteiger partial charge is 0.461 e. The van der Waals surface area contributed by atoms with Crippen molar-refractivity contribution >= 4 is 5.97 Å². The lowest BCUT2D eigenvalue weighted by Gasteiger charge is -2.00. The number of carbonyl (C=O) groups excluding carboxylic acids is 1. The Morgan fingerprint density at radius 2 is 1.78 bits per heavy atom. The number of esters is 1. The minimum atomic E-state index is -0.552. The van der Waals surface area contributed by atoms with Crippen molar-refractivity contribution in [1.82, 2.24) is 4.98 Å². The summed E-state index contributed by atoms with van der Waals surface area (Å²) >= 11 is 0. The van der Waals surface area contributed by atoms with Crippen LogP contribution < -0.4 is 0 Å². The molecule has 0 spiro atoms. The third-order valence-corrected chi connectivity index (χ3v) is 3.22. The van der Waals surface area contributed by atoms with Crippen LogP contribution >= 0.6 is 0 Å². The molecule has 5 heteroatoms. The van der Waals surface area contributed by atoms with Gasteiger partial charge in [-0.2, -0.15) is 0 Å². The molecule has 3 rings (SSSR count). The molecule has 0 aliphatic carbocycles. The summed E-state index contributed by atoms with van der Waals surface area (Å²) in [5.74, 6) is -0.326. The molecule has 0 saturated carbocycles. The first-order valence-corrected chi connectivity index (χ1v) is 7.18. The first kappa shape index (κ1) is 15.0. The maximum absolute atomic E-state index is 13.1. The van der Waals surface area contributed by atoms with Gasteiger partial charge in [-0.3, -0.25) is 0 Å². The number of ether oxygens (including phenoxy) is 1. The van der Waals surface area contributed by atoms with Gasteiger partial charge in [-0.15, -0.1) is 0 Å². The summed E-state index contributed by atoms with van der Waals surface area (Å²) in [6.45, 7) is 1.97. The molecule has 23 heavy (non-hydrogen) atoms. The van der Waals surface area contributed by atoms with Gasteiger partial charge in [-0.25, -0.2) is 14.2 Å². The van der Waals surface area contributed by atoms with Gasteiger partial charge in [0.1, 0.15) is 5.82 Å². The molecule has 1 aromatic heterocycles. The van der Waals surface area contributed by atoms with Gasteiger partial charge in [-0.1, -0.05) is 30.3 Å². The molecule has 0 N–H and O–H groups in total. The maximum Gasteiger partial charge on any atom is 0.361 e. The van der Waals surface area contributed by atoms with E-state index in [9.17, 15) is 9.18 Å². The smallest absolute Gasteiger partial charge is 0.361 e. The SMILES string of the molecule is CCOC(=O)c1nc(-c2ccc(F)cc2)oc1-c1ccccc1. The van der Waals surface area contributed by atoms with E-state index in [1.807, 2.05) is 30.3 Å². The van der Waals surface area contributed by atoms with Crippen molar-refractivity contribution < 1.29 is 18.3 Å². The molecule has 0 saturated heterocycles. The topological polar surface area (TPSA) is 52.3 Å². The Hall–Kier alpha value is -2.95. The molecule has 0 aliphatic heterocycles. The van der Waals surface area contributed by atoms with E-state index in [-0.39, 0.29) is 24.0 Å². The Balaban J connectivity index is 2.10. The van der Waals surface area contributed by atoms with E-state index >= 15 is 0 Å². The Kier molecular flexibility index (Phi) is 4.19. The lowest BCUT2D eigenvalue weighted by molar-refractivity contribution is 0.0520. The predicted molar refractivity (Wildman–Crippen MR) is 83.3 cm³/mol. The third kappa shape index (κ3) is 3.13. The monoisotopic (exact) mass is 311 g/mol. The molecule has 0 fully saturated rings. The van der Waals surface area contributed by atoms with Crippen molar-refractivity contribution in [2.45, 2.75) is 6.92 Å². The van der Waals surface area contributed by atoms with Crippen LogP contribution in [0, 0.1) is 5.82 Å². The van der Waals surface area contributed by atoms with Crippen LogP contribution in [-0.4, -0.2) is 17.6 Å². The highest BCUT2D eigenvalue weighted by Gasteiger charge is 2.23. The number of benzene rings is 2. The van der Waals surface area contributed by atoms with Gasteiger partial charge in [0.15, 0.2) is 11.5 Å². The van der Waals surface area contributed by atoms with E-state index in [4.69, 9.17) is 9.15 Å². The van der Waals surface area contributed by atoms with Crippen LogP contribution in [0.1, 0.15) is 17.4 Å². The maximum atomic E-state index is 13.1. The van der Waals surface area contributed by atoms with Crippen LogP contribution in [0.5, 0.6) is 0 Å². The van der Waals surface area contributed by atoms with Crippen molar-refractivity contribution in [3.63, 3.8) is 0 Å². The van der Waals surface area contributed by atoms with Crippen LogP contribution in [0.15, 0.2) is 59.0 Å². The summed E-state index contributed by atoms with van der Waals surface area (Å²) in [5.41, 5.74) is 1.41. The number of rotatable bonds is 4. The second-order valence-corrected chi connectivity index (χ2v) is 4.79. The van der Waals surface area contributed by atoms with Crippen molar-refractivity contribution in [2.75, 3.05) is 6.61 Å². The summed E-state index contributed by atoms with van der Waals surface area (Å²) in [6.07, 6.45) is 0. The highest BCUT2D eigenvalue weighted by Crippen LogP contribution is 2.30. The van der Waals surface area contributed by atoms with Crippen molar-refractivity contribution in [3.05, 3.63) is 66.1 Å². The summed E-state index contributed by atoms with van der Waals surface area (Å²) in [5, 5.41) is 0. The molecule has 0 bridgehead atoms. The van der Waals surface area contributed by atoms with Crippen LogP contribution in [-0.2, 0) is 4.74 Å². The predicted octanol–water partition coefficient (Wildman–Crippen LogP) is 4.32. The Bertz CT molecular complexity index is 810. The molecule has 0 radical (unpaired) electrons. The highest BCUT2D eigenvalue weighted by molar-refractivity contribution is 5.94. The van der Waals surface area contributed by atoms with Crippen LogP contribution in [0.4, 0.5) is 4.39 Å². The third-order valence-electron chi connectivity index (χ3n) is 3.22. The number of aromatic nitrogens is 1. The Morgan fingerprint density at radius 1 is 1.09 bits per heavy atom. The molecule has 0 aliphatic rings. The molecular formula is C18H14FNO3. The first-order chi connectivity index (χ1) is 11.2. The second kappa shape index (κ2) is 6.44. The average molecular weight is 311 g/mol. The zero-order chi connectivity index (χ0) is 16.2. The molecule has 116 valence electrons. The summed E-state index contributed by atoms with van der Waals surface area (Å²) in [6, 6.07) is 14.9. The summed E-state index contributed by atoms with van der Waals surface area (Å²) < 4.78 is 23.9. The number of halogens is 1. The average Bonchev–Trinajstić information content (AvgIpc) is 3.02. The van der Waals surface area contributed by atoms with E-state index < -0.39 is 5.97 Å². The number of carbonyl (C=O) groups is 1. The Morgan fingerprint density at radius 3 is 2.43 bits per heavy atom. The van der Waals surface area contributed by atoms with E-state index in [1.165, 1.54) is 12.1 Å². The van der Waals surface area contributed by atoms with Crippen LogP contribution in [0.3, 0.4) is 0 Å². The van der Waals surface area contributed by atoms with E-state index in [2.05, 4.69) is 4.98 Å². The molecule has 0 atom stereocenters. The fourth-order valence-corrected chi connectivity index (χ4v) is 2.16. The van der Waals surface area contributed by atoms with Gasteiger partial charge in [-0.05, 0) is 31.2 Å². The molecule has 1 heterocycles. The molecule has 2 aromatic carbocycles. The number of hydrogen-bond acceptors (Lipinski definition) is 4. The van der Waals surface area contributed by atoms with Gasteiger partial charge < -0.3 is 9.15 Å². The summed E-state index contributed by atoms with van der Waals surface area (Å²) in [4.78, 5) is 16.4. The van der Waals surface area contributed by atoms with Gasteiger partial charge in [0.2, 0.25) is 5.89 Å². The van der Waals surface area contributed by atoms with E-state index in [0.717, 1.165) is 5.56 Å². The zero-order valence-electron chi connectivity index (χ0n) is 12.5. The first-order valence-electron chi connectivity index (χ1n) is 7.18. The molecular weight excluding hydrogens is 297 g/mol. The zero-order valence-corrected chi connectivity index (χ0v) is 12.5. The number of nitrogens with zero attached hydrogens (tertiary/aromatic N) is 1. The van der Waals surface area contributed by atoms with Gasteiger partial charge in [0.25, 0.3) is 0 Å². The van der Waals surface area contributed by atoms with E-state index in [0.29, 0.717) is 11.3 Å². The van der Waals surface area contributed by atoms with Crippen molar-refractivity contribution in [2.24, 2.45) is 0 Å². The lowest BCUT2D eigenvalue weighted by Crippen LogP contribution is -2.06. The van der Waals surface area contributed by atoms with Gasteiger partial charge in [0.05, 0.1) is 6.61 Å². The fourth-order valence-electron chi connectivity index (χ4n) is 2.16. The van der Waals surface area contributed by atoms with Crippen molar-refractivity contribution in [3.8, 4) is 22.8 Å².